The molecule has 3 aromatic rings. The first kappa shape index (κ1) is 16.8. The van der Waals surface area contributed by atoms with Crippen LogP contribution in [0, 0.1) is 13.8 Å². The van der Waals surface area contributed by atoms with Crippen molar-refractivity contribution in [3.05, 3.63) is 59.9 Å². The molecule has 4 rings (SSSR count). The maximum atomic E-state index is 10.6. The first-order valence-electron chi connectivity index (χ1n) is 8.98. The van der Waals surface area contributed by atoms with Crippen molar-refractivity contribution in [2.45, 2.75) is 32.5 Å². The van der Waals surface area contributed by atoms with Crippen molar-refractivity contribution < 1.29 is 9.84 Å². The molecule has 0 saturated carbocycles. The largest absolute Gasteiger partial charge is 0.488 e. The Hall–Kier alpha value is -2.66. The van der Waals surface area contributed by atoms with E-state index < -0.39 is 6.10 Å². The first-order valence-corrected chi connectivity index (χ1v) is 8.98. The molecule has 0 amide bonds. The molecule has 1 saturated heterocycles. The van der Waals surface area contributed by atoms with Crippen molar-refractivity contribution in [2.24, 2.45) is 0 Å². The molecule has 5 nitrogen and oxygen atoms in total. The van der Waals surface area contributed by atoms with Gasteiger partial charge in [0.15, 0.2) is 0 Å². The molecule has 0 aliphatic carbocycles. The average Bonchev–Trinajstić information content (AvgIpc) is 2.62. The van der Waals surface area contributed by atoms with Gasteiger partial charge in [0.25, 0.3) is 0 Å². The van der Waals surface area contributed by atoms with Crippen LogP contribution in [0.3, 0.4) is 0 Å². The monoisotopic (exact) mass is 349 g/mol. The number of piperidine rings is 1. The minimum atomic E-state index is -0.559. The van der Waals surface area contributed by atoms with E-state index in [0.29, 0.717) is 6.54 Å². The van der Waals surface area contributed by atoms with Crippen LogP contribution in [-0.4, -0.2) is 40.4 Å². The molecule has 26 heavy (non-hydrogen) atoms. The van der Waals surface area contributed by atoms with E-state index in [2.05, 4.69) is 33.9 Å². The maximum absolute atomic E-state index is 10.6. The van der Waals surface area contributed by atoms with Gasteiger partial charge < -0.3 is 14.7 Å². The summed E-state index contributed by atoms with van der Waals surface area (Å²) in [6.07, 6.45) is 1.76. The van der Waals surface area contributed by atoms with Gasteiger partial charge in [0, 0.05) is 36.8 Å². The quantitative estimate of drug-likeness (QED) is 0.786. The van der Waals surface area contributed by atoms with E-state index in [4.69, 9.17) is 4.74 Å². The fourth-order valence-corrected chi connectivity index (χ4v) is 3.54. The number of nitrogens with zero attached hydrogens (tertiary/aromatic N) is 3. The summed E-state index contributed by atoms with van der Waals surface area (Å²) in [5.41, 5.74) is 3.12. The van der Waals surface area contributed by atoms with Crippen LogP contribution in [0.5, 0.6) is 5.75 Å². The van der Waals surface area contributed by atoms with Crippen LogP contribution < -0.4 is 9.64 Å². The molecule has 1 fully saturated rings. The topological polar surface area (TPSA) is 58.5 Å². The highest BCUT2D eigenvalue weighted by Crippen LogP contribution is 2.25. The Kier molecular flexibility index (Phi) is 4.47. The molecule has 0 radical (unpaired) electrons. The molecule has 1 aromatic carbocycles. The third-order valence-electron chi connectivity index (χ3n) is 4.79. The summed E-state index contributed by atoms with van der Waals surface area (Å²) < 4.78 is 6.08. The summed E-state index contributed by atoms with van der Waals surface area (Å²) in [6, 6.07) is 13.9. The summed E-state index contributed by atoms with van der Waals surface area (Å²) in [4.78, 5) is 11.1. The Morgan fingerprint density at radius 3 is 2.85 bits per heavy atom. The van der Waals surface area contributed by atoms with Crippen LogP contribution in [0.15, 0.2) is 48.7 Å². The molecule has 1 aliphatic heterocycles. The van der Waals surface area contributed by atoms with Crippen LogP contribution in [0.1, 0.15) is 17.7 Å². The Balaban J connectivity index is 1.46. The number of hydrogen-bond acceptors (Lipinski definition) is 5. The zero-order chi connectivity index (χ0) is 18.1. The second-order valence-corrected chi connectivity index (χ2v) is 6.96. The molecule has 5 heteroatoms. The number of aliphatic hydroxyl groups is 1. The van der Waals surface area contributed by atoms with Crippen LogP contribution in [0.2, 0.25) is 0 Å². The smallest absolute Gasteiger partial charge is 0.129 e. The van der Waals surface area contributed by atoms with E-state index >= 15 is 0 Å². The predicted octanol–water partition coefficient (Wildman–Crippen LogP) is 3.27. The molecule has 0 spiro atoms. The number of anilines is 1. The van der Waals surface area contributed by atoms with Crippen molar-refractivity contribution in [3.8, 4) is 5.75 Å². The number of pyridine rings is 2. The number of aromatic nitrogens is 2. The third kappa shape index (κ3) is 3.48. The number of ether oxygens (including phenoxy) is 1. The SMILES string of the molecule is Cc1cc(C)nc(N2CC[C@@H](Oc3ccc4ncccc4c3)[C@H](O)C2)c1. The van der Waals surface area contributed by atoms with E-state index in [0.717, 1.165) is 41.1 Å². The standard InChI is InChI=1S/C21H23N3O2/c1-14-10-15(2)23-21(11-14)24-9-7-20(19(25)13-24)26-17-5-6-18-16(12-17)4-3-8-22-18/h3-6,8,10-12,19-20,25H,7,9,13H2,1-2H3/t19-,20-/m1/s1. The molecule has 3 heterocycles. The minimum absolute atomic E-state index is 0.216. The minimum Gasteiger partial charge on any atom is -0.488 e. The van der Waals surface area contributed by atoms with Gasteiger partial charge in [-0.1, -0.05) is 6.07 Å². The van der Waals surface area contributed by atoms with E-state index in [9.17, 15) is 5.11 Å². The van der Waals surface area contributed by atoms with Crippen molar-refractivity contribution in [1.29, 1.82) is 0 Å². The molecular formula is C21H23N3O2. The summed E-state index contributed by atoms with van der Waals surface area (Å²) in [5, 5.41) is 11.6. The molecule has 134 valence electrons. The molecule has 0 unspecified atom stereocenters. The van der Waals surface area contributed by atoms with Gasteiger partial charge in [-0.05, 0) is 55.8 Å². The number of benzene rings is 1. The summed E-state index contributed by atoms with van der Waals surface area (Å²) in [7, 11) is 0. The van der Waals surface area contributed by atoms with Crippen molar-refractivity contribution in [2.75, 3.05) is 18.0 Å². The highest BCUT2D eigenvalue weighted by atomic mass is 16.5. The van der Waals surface area contributed by atoms with Crippen LogP contribution in [-0.2, 0) is 0 Å². The number of aliphatic hydroxyl groups excluding tert-OH is 1. The summed E-state index contributed by atoms with van der Waals surface area (Å²) >= 11 is 0. The van der Waals surface area contributed by atoms with Gasteiger partial charge in [-0.15, -0.1) is 0 Å². The van der Waals surface area contributed by atoms with Crippen molar-refractivity contribution >= 4 is 16.7 Å². The lowest BCUT2D eigenvalue weighted by atomic mass is 10.0. The Morgan fingerprint density at radius 1 is 1.15 bits per heavy atom. The van der Waals surface area contributed by atoms with Crippen LogP contribution in [0.25, 0.3) is 10.9 Å². The zero-order valence-electron chi connectivity index (χ0n) is 15.1. The molecule has 2 aromatic heterocycles. The maximum Gasteiger partial charge on any atom is 0.129 e. The Morgan fingerprint density at radius 2 is 2.04 bits per heavy atom. The average molecular weight is 349 g/mol. The van der Waals surface area contributed by atoms with E-state index in [1.54, 1.807) is 6.20 Å². The Labute approximate surface area is 153 Å². The molecule has 0 bridgehead atoms. The number of β-amino-alcohol motifs (C(OH)–C–C–N with tert-alkyl or cyclic N) is 1. The number of aryl methyl sites for hydroxylation is 2. The van der Waals surface area contributed by atoms with Crippen LogP contribution >= 0.6 is 0 Å². The fraction of sp³-hybridized carbons (Fsp3) is 0.333. The van der Waals surface area contributed by atoms with E-state index in [-0.39, 0.29) is 6.10 Å². The van der Waals surface area contributed by atoms with Gasteiger partial charge in [-0.2, -0.15) is 0 Å². The van der Waals surface area contributed by atoms with Gasteiger partial charge in [-0.25, -0.2) is 4.98 Å². The lowest BCUT2D eigenvalue weighted by Gasteiger charge is -2.36. The number of rotatable bonds is 3. The number of fused-ring (bicyclic) bond motifs is 1. The molecule has 1 aliphatic rings. The van der Waals surface area contributed by atoms with Crippen LogP contribution in [0.4, 0.5) is 5.82 Å². The molecule has 1 N–H and O–H groups in total. The lowest BCUT2D eigenvalue weighted by molar-refractivity contribution is 0.0241. The van der Waals surface area contributed by atoms with E-state index in [1.165, 1.54) is 5.56 Å². The predicted molar refractivity (Wildman–Crippen MR) is 103 cm³/mol. The highest BCUT2D eigenvalue weighted by molar-refractivity contribution is 5.79. The normalized spacial score (nSPS) is 20.3. The Bertz CT molecular complexity index is 908. The molecule has 2 atom stereocenters. The van der Waals surface area contributed by atoms with Crippen molar-refractivity contribution in [1.82, 2.24) is 9.97 Å². The summed E-state index contributed by atoms with van der Waals surface area (Å²) in [5.74, 6) is 1.70. The van der Waals surface area contributed by atoms with Gasteiger partial charge >= 0.3 is 0 Å². The highest BCUT2D eigenvalue weighted by Gasteiger charge is 2.30. The van der Waals surface area contributed by atoms with E-state index in [1.807, 2.05) is 37.3 Å². The lowest BCUT2D eigenvalue weighted by Crippen LogP contribution is -2.49. The van der Waals surface area contributed by atoms with Gasteiger partial charge in [0.1, 0.15) is 23.8 Å². The van der Waals surface area contributed by atoms with Gasteiger partial charge in [0.2, 0.25) is 0 Å². The second-order valence-electron chi connectivity index (χ2n) is 6.96. The summed E-state index contributed by atoms with van der Waals surface area (Å²) in [6.45, 7) is 5.40. The van der Waals surface area contributed by atoms with Crippen molar-refractivity contribution in [3.63, 3.8) is 0 Å². The fourth-order valence-electron chi connectivity index (χ4n) is 3.54. The number of hydrogen-bond donors (Lipinski definition) is 1. The zero-order valence-corrected chi connectivity index (χ0v) is 15.1. The third-order valence-corrected chi connectivity index (χ3v) is 4.79. The molecular weight excluding hydrogens is 326 g/mol. The second kappa shape index (κ2) is 6.92. The van der Waals surface area contributed by atoms with Gasteiger partial charge in [-0.3, -0.25) is 4.98 Å². The van der Waals surface area contributed by atoms with Gasteiger partial charge in [0.05, 0.1) is 5.52 Å². The first-order chi connectivity index (χ1) is 12.6.